The summed E-state index contributed by atoms with van der Waals surface area (Å²) in [4.78, 5) is 17.3. The zero-order chi connectivity index (χ0) is 21.2. The van der Waals surface area contributed by atoms with Crippen LogP contribution in [0.5, 0.6) is 11.5 Å². The molecule has 0 atom stereocenters. The Hall–Kier alpha value is -3.15. The Bertz CT molecular complexity index is 1070. The molecule has 3 heterocycles. The summed E-state index contributed by atoms with van der Waals surface area (Å²) < 4.78 is 17.0. The summed E-state index contributed by atoms with van der Waals surface area (Å²) >= 11 is 0. The van der Waals surface area contributed by atoms with E-state index in [9.17, 15) is 4.79 Å². The summed E-state index contributed by atoms with van der Waals surface area (Å²) in [5, 5.41) is 1.03. The molecule has 2 aliphatic rings. The van der Waals surface area contributed by atoms with Gasteiger partial charge in [-0.05, 0) is 55.7 Å². The molecule has 6 heteroatoms. The van der Waals surface area contributed by atoms with Gasteiger partial charge in [0, 0.05) is 48.9 Å². The molecule has 0 spiro atoms. The maximum absolute atomic E-state index is 13.0. The second kappa shape index (κ2) is 8.53. The molecular formula is C25H28N2O4. The van der Waals surface area contributed by atoms with Gasteiger partial charge in [-0.1, -0.05) is 0 Å². The van der Waals surface area contributed by atoms with Crippen molar-refractivity contribution in [1.29, 1.82) is 0 Å². The Morgan fingerprint density at radius 3 is 2.68 bits per heavy atom. The molecule has 2 aliphatic heterocycles. The second-order valence-corrected chi connectivity index (χ2v) is 8.14. The first-order valence-corrected chi connectivity index (χ1v) is 11.1. The monoisotopic (exact) mass is 420 g/mol. The number of carbonyl (C=O) groups excluding carboxylic acids is 1. The van der Waals surface area contributed by atoms with Crippen LogP contribution < -0.4 is 14.4 Å². The van der Waals surface area contributed by atoms with Gasteiger partial charge in [-0.15, -0.1) is 0 Å². The fraction of sp³-hybridized carbons (Fsp3) is 0.400. The largest absolute Gasteiger partial charge is 0.494 e. The summed E-state index contributed by atoms with van der Waals surface area (Å²) in [6.45, 7) is 6.53. The van der Waals surface area contributed by atoms with Crippen LogP contribution in [-0.4, -0.2) is 50.2 Å². The first-order valence-electron chi connectivity index (χ1n) is 11.1. The van der Waals surface area contributed by atoms with E-state index in [4.69, 9.17) is 13.9 Å². The normalized spacial score (nSPS) is 16.2. The van der Waals surface area contributed by atoms with E-state index in [0.717, 1.165) is 73.7 Å². The Labute approximate surface area is 182 Å². The van der Waals surface area contributed by atoms with Crippen molar-refractivity contribution in [3.05, 3.63) is 53.8 Å². The number of anilines is 1. The topological polar surface area (TPSA) is 55.2 Å². The van der Waals surface area contributed by atoms with Crippen LogP contribution in [0.4, 0.5) is 5.69 Å². The zero-order valence-corrected chi connectivity index (χ0v) is 17.9. The maximum atomic E-state index is 13.0. The Morgan fingerprint density at radius 2 is 1.90 bits per heavy atom. The highest BCUT2D eigenvalue weighted by atomic mass is 16.5. The van der Waals surface area contributed by atoms with Crippen LogP contribution in [-0.2, 0) is 17.6 Å². The van der Waals surface area contributed by atoms with E-state index in [2.05, 4.69) is 23.1 Å². The molecule has 0 unspecified atom stereocenters. The van der Waals surface area contributed by atoms with E-state index in [-0.39, 0.29) is 5.91 Å². The van der Waals surface area contributed by atoms with Crippen molar-refractivity contribution >= 4 is 22.6 Å². The van der Waals surface area contributed by atoms with Gasteiger partial charge in [-0.25, -0.2) is 0 Å². The van der Waals surface area contributed by atoms with Crippen molar-refractivity contribution in [2.24, 2.45) is 0 Å². The SMILES string of the molecule is CCOc1ccc(N2CCN(C(=O)Cc3coc4cc5c(cc34)CCCO5)CC2)cc1. The quantitative estimate of drug-likeness (QED) is 0.623. The maximum Gasteiger partial charge on any atom is 0.227 e. The number of nitrogens with zero attached hydrogens (tertiary/aromatic N) is 2. The third kappa shape index (κ3) is 4.07. The van der Waals surface area contributed by atoms with Crippen LogP contribution in [0.15, 0.2) is 47.1 Å². The Morgan fingerprint density at radius 1 is 1.10 bits per heavy atom. The van der Waals surface area contributed by atoms with Crippen molar-refractivity contribution in [1.82, 2.24) is 4.90 Å². The molecule has 0 radical (unpaired) electrons. The van der Waals surface area contributed by atoms with Crippen LogP contribution in [0.1, 0.15) is 24.5 Å². The van der Waals surface area contributed by atoms with Gasteiger partial charge in [0.25, 0.3) is 0 Å². The van der Waals surface area contributed by atoms with Crippen molar-refractivity contribution < 1.29 is 18.7 Å². The number of ether oxygens (including phenoxy) is 2. The smallest absolute Gasteiger partial charge is 0.227 e. The minimum Gasteiger partial charge on any atom is -0.494 e. The van der Waals surface area contributed by atoms with Gasteiger partial charge in [-0.3, -0.25) is 4.79 Å². The minimum atomic E-state index is 0.156. The molecule has 1 amide bonds. The standard InChI is InChI=1S/C25H28N2O4/c1-2-29-21-7-5-20(6-8-21)26-9-11-27(12-10-26)25(28)15-19-17-31-24-16-23-18(14-22(19)24)4-3-13-30-23/h5-8,14,16-17H,2-4,9-13,15H2,1H3. The number of piperazine rings is 1. The van der Waals surface area contributed by atoms with E-state index < -0.39 is 0 Å². The molecule has 0 N–H and O–H groups in total. The highest BCUT2D eigenvalue weighted by molar-refractivity contribution is 5.89. The molecule has 1 aromatic heterocycles. The van der Waals surface area contributed by atoms with Gasteiger partial charge in [0.05, 0.1) is 25.9 Å². The predicted molar refractivity (Wildman–Crippen MR) is 120 cm³/mol. The van der Waals surface area contributed by atoms with Crippen molar-refractivity contribution in [2.45, 2.75) is 26.2 Å². The van der Waals surface area contributed by atoms with Gasteiger partial charge in [0.1, 0.15) is 17.1 Å². The third-order valence-electron chi connectivity index (χ3n) is 6.17. The highest BCUT2D eigenvalue weighted by Gasteiger charge is 2.23. The number of benzene rings is 2. The van der Waals surface area contributed by atoms with E-state index in [1.54, 1.807) is 6.26 Å². The number of carbonyl (C=O) groups is 1. The summed E-state index contributed by atoms with van der Waals surface area (Å²) in [6.07, 6.45) is 4.14. The van der Waals surface area contributed by atoms with Crippen molar-refractivity contribution in [2.75, 3.05) is 44.3 Å². The highest BCUT2D eigenvalue weighted by Crippen LogP contribution is 2.33. The summed E-state index contributed by atoms with van der Waals surface area (Å²) in [5.74, 6) is 1.96. The summed E-state index contributed by atoms with van der Waals surface area (Å²) in [5.41, 5.74) is 4.13. The van der Waals surface area contributed by atoms with E-state index in [1.165, 1.54) is 11.3 Å². The van der Waals surface area contributed by atoms with Crippen molar-refractivity contribution in [3.63, 3.8) is 0 Å². The van der Waals surface area contributed by atoms with Crippen LogP contribution >= 0.6 is 0 Å². The molecule has 31 heavy (non-hydrogen) atoms. The lowest BCUT2D eigenvalue weighted by atomic mass is 10.0. The van der Waals surface area contributed by atoms with Gasteiger partial charge in [0.15, 0.2) is 0 Å². The third-order valence-corrected chi connectivity index (χ3v) is 6.17. The molecule has 0 saturated carbocycles. The number of furan rings is 1. The number of fused-ring (bicyclic) bond motifs is 2. The molecule has 5 rings (SSSR count). The first kappa shape index (κ1) is 19.8. The first-order chi connectivity index (χ1) is 15.2. The number of hydrogen-bond acceptors (Lipinski definition) is 5. The van der Waals surface area contributed by atoms with Crippen molar-refractivity contribution in [3.8, 4) is 11.5 Å². The lowest BCUT2D eigenvalue weighted by Crippen LogP contribution is -2.49. The Kier molecular flexibility index (Phi) is 5.45. The molecule has 2 aromatic carbocycles. The minimum absolute atomic E-state index is 0.156. The number of amides is 1. The lowest BCUT2D eigenvalue weighted by molar-refractivity contribution is -0.130. The van der Waals surface area contributed by atoms with Gasteiger partial charge in [0.2, 0.25) is 5.91 Å². The van der Waals surface area contributed by atoms with E-state index in [1.807, 2.05) is 30.0 Å². The number of rotatable bonds is 5. The molecule has 6 nitrogen and oxygen atoms in total. The van der Waals surface area contributed by atoms with Gasteiger partial charge >= 0.3 is 0 Å². The lowest BCUT2D eigenvalue weighted by Gasteiger charge is -2.36. The summed E-state index contributed by atoms with van der Waals surface area (Å²) in [7, 11) is 0. The number of hydrogen-bond donors (Lipinski definition) is 0. The van der Waals surface area contributed by atoms with E-state index >= 15 is 0 Å². The fourth-order valence-corrected chi connectivity index (χ4v) is 4.47. The number of aryl methyl sites for hydroxylation is 1. The zero-order valence-electron chi connectivity index (χ0n) is 17.9. The van der Waals surface area contributed by atoms with Gasteiger partial charge in [-0.2, -0.15) is 0 Å². The molecule has 1 saturated heterocycles. The molecule has 3 aromatic rings. The predicted octanol–water partition coefficient (Wildman–Crippen LogP) is 4.05. The van der Waals surface area contributed by atoms with Crippen LogP contribution in [0.25, 0.3) is 11.0 Å². The average molecular weight is 421 g/mol. The second-order valence-electron chi connectivity index (χ2n) is 8.14. The molecule has 0 bridgehead atoms. The van der Waals surface area contributed by atoms with E-state index in [0.29, 0.717) is 13.0 Å². The van der Waals surface area contributed by atoms with Gasteiger partial charge < -0.3 is 23.7 Å². The molecule has 0 aliphatic carbocycles. The van der Waals surface area contributed by atoms with Crippen LogP contribution in [0.3, 0.4) is 0 Å². The molecule has 162 valence electrons. The average Bonchev–Trinajstić information content (AvgIpc) is 3.20. The van der Waals surface area contributed by atoms with Crippen LogP contribution in [0, 0.1) is 0 Å². The Balaban J connectivity index is 1.22. The fourth-order valence-electron chi connectivity index (χ4n) is 4.47. The molecule has 1 fully saturated rings. The molecular weight excluding hydrogens is 392 g/mol. The van der Waals surface area contributed by atoms with Crippen LogP contribution in [0.2, 0.25) is 0 Å². The summed E-state index contributed by atoms with van der Waals surface area (Å²) in [6, 6.07) is 12.3.